The zero-order chi connectivity index (χ0) is 10.2. The lowest BCUT2D eigenvalue weighted by Gasteiger charge is -2.03. The summed E-state index contributed by atoms with van der Waals surface area (Å²) in [4.78, 5) is 7.74. The fourth-order valence-electron chi connectivity index (χ4n) is 0.952. The molecule has 0 unspecified atom stereocenters. The molecule has 0 aliphatic rings. The number of para-hydroxylation sites is 1. The number of aliphatic hydroxyl groups is 1. The Hall–Kier alpha value is -1.68. The Balaban J connectivity index is 2.70. The van der Waals surface area contributed by atoms with E-state index in [1.165, 1.54) is 0 Å². The molecule has 2 N–H and O–H groups in total. The molecule has 14 heavy (non-hydrogen) atoms. The molecule has 0 fully saturated rings. The first-order valence-electron chi connectivity index (χ1n) is 4.33. The summed E-state index contributed by atoms with van der Waals surface area (Å²) in [5.41, 5.74) is 0.894. The molecular weight excluding hydrogens is 178 g/mol. The average molecular weight is 191 g/mol. The van der Waals surface area contributed by atoms with Gasteiger partial charge in [0.1, 0.15) is 6.73 Å². The third-order valence-corrected chi connectivity index (χ3v) is 1.50. The molecule has 4 heteroatoms. The number of benzene rings is 1. The van der Waals surface area contributed by atoms with E-state index in [9.17, 15) is 0 Å². The van der Waals surface area contributed by atoms with Crippen LogP contribution in [0.25, 0.3) is 0 Å². The Kier molecular flexibility index (Phi) is 4.37. The van der Waals surface area contributed by atoms with Gasteiger partial charge in [0.2, 0.25) is 5.96 Å². The first-order valence-corrected chi connectivity index (χ1v) is 4.33. The minimum Gasteiger partial charge on any atom is -0.374 e. The molecule has 1 aromatic rings. The van der Waals surface area contributed by atoms with Crippen LogP contribution in [0.2, 0.25) is 0 Å². The molecule has 1 rings (SSSR count). The van der Waals surface area contributed by atoms with Crippen LogP contribution in [0.4, 0.5) is 5.69 Å². The van der Waals surface area contributed by atoms with Gasteiger partial charge in [0, 0.05) is 11.9 Å². The number of guanidine groups is 1. The zero-order valence-corrected chi connectivity index (χ0v) is 8.01. The van der Waals surface area contributed by atoms with Crippen molar-refractivity contribution in [3.05, 3.63) is 30.3 Å². The number of hydrogen-bond acceptors (Lipinski definition) is 2. The number of anilines is 1. The van der Waals surface area contributed by atoms with Gasteiger partial charge in [0.15, 0.2) is 0 Å². The second kappa shape index (κ2) is 5.88. The molecule has 0 bridgehead atoms. The molecule has 0 aliphatic carbocycles. The minimum absolute atomic E-state index is 0.271. The van der Waals surface area contributed by atoms with Gasteiger partial charge in [0.25, 0.3) is 0 Å². The quantitative estimate of drug-likeness (QED) is 0.549. The molecule has 0 amide bonds. The van der Waals surface area contributed by atoms with Crippen LogP contribution >= 0.6 is 0 Å². The van der Waals surface area contributed by atoms with Gasteiger partial charge in [-0.25, -0.2) is 9.98 Å². The van der Waals surface area contributed by atoms with Gasteiger partial charge < -0.3 is 10.4 Å². The van der Waals surface area contributed by atoms with E-state index in [1.807, 2.05) is 30.3 Å². The predicted molar refractivity (Wildman–Crippen MR) is 58.8 cm³/mol. The van der Waals surface area contributed by atoms with Crippen molar-refractivity contribution >= 4 is 17.9 Å². The van der Waals surface area contributed by atoms with Gasteiger partial charge in [0.05, 0.1) is 0 Å². The zero-order valence-electron chi connectivity index (χ0n) is 8.01. The molecule has 74 valence electrons. The molecule has 0 saturated carbocycles. The van der Waals surface area contributed by atoms with Crippen molar-refractivity contribution in [1.29, 1.82) is 0 Å². The van der Waals surface area contributed by atoms with Crippen LogP contribution in [0.5, 0.6) is 0 Å². The number of rotatable bonds is 2. The van der Waals surface area contributed by atoms with Crippen molar-refractivity contribution in [2.45, 2.75) is 6.92 Å². The summed E-state index contributed by atoms with van der Waals surface area (Å²) in [5.74, 6) is 0.404. The summed E-state index contributed by atoms with van der Waals surface area (Å²) in [7, 11) is 0. The molecule has 0 aliphatic heterocycles. The second-order valence-corrected chi connectivity index (χ2v) is 2.50. The fraction of sp³-hybridized carbons (Fsp3) is 0.200. The van der Waals surface area contributed by atoms with Gasteiger partial charge in [-0.2, -0.15) is 0 Å². The maximum atomic E-state index is 8.64. The normalized spacial score (nSPS) is 12.0. The Labute approximate surface area is 83.0 Å². The van der Waals surface area contributed by atoms with E-state index in [0.717, 1.165) is 5.69 Å². The molecule has 0 aromatic heterocycles. The third-order valence-electron chi connectivity index (χ3n) is 1.50. The second-order valence-electron chi connectivity index (χ2n) is 2.50. The number of aliphatic hydroxyl groups excluding tert-OH is 1. The van der Waals surface area contributed by atoms with E-state index in [0.29, 0.717) is 5.96 Å². The average Bonchev–Trinajstić information content (AvgIpc) is 2.20. The SMILES string of the molecule is CC=NC(=NCO)Nc1ccccc1. The molecule has 0 spiro atoms. The van der Waals surface area contributed by atoms with Crippen LogP contribution in [0, 0.1) is 0 Å². The highest BCUT2D eigenvalue weighted by Crippen LogP contribution is 2.04. The van der Waals surface area contributed by atoms with Crippen LogP contribution in [-0.4, -0.2) is 24.0 Å². The number of nitrogens with zero attached hydrogens (tertiary/aromatic N) is 2. The summed E-state index contributed by atoms with van der Waals surface area (Å²) in [5, 5.41) is 11.6. The minimum atomic E-state index is -0.271. The standard InChI is InChI=1S/C10H13N3O/c1-2-11-10(12-8-14)13-9-6-4-3-5-7-9/h2-7,14H,8H2,1H3,(H,12,13). The highest BCUT2D eigenvalue weighted by molar-refractivity contribution is 5.97. The van der Waals surface area contributed by atoms with Crippen molar-refractivity contribution in [2.75, 3.05) is 12.0 Å². The fourth-order valence-corrected chi connectivity index (χ4v) is 0.952. The lowest BCUT2D eigenvalue weighted by atomic mass is 10.3. The van der Waals surface area contributed by atoms with Gasteiger partial charge in [-0.15, -0.1) is 0 Å². The predicted octanol–water partition coefficient (Wildman–Crippen LogP) is 1.49. The summed E-state index contributed by atoms with van der Waals surface area (Å²) in [6, 6.07) is 9.55. The molecule has 0 heterocycles. The van der Waals surface area contributed by atoms with Crippen molar-refractivity contribution in [2.24, 2.45) is 9.98 Å². The van der Waals surface area contributed by atoms with Crippen LogP contribution in [-0.2, 0) is 0 Å². The highest BCUT2D eigenvalue weighted by atomic mass is 16.3. The summed E-state index contributed by atoms with van der Waals surface area (Å²) >= 11 is 0. The molecule has 4 nitrogen and oxygen atoms in total. The lowest BCUT2D eigenvalue weighted by molar-refractivity contribution is 0.309. The maximum Gasteiger partial charge on any atom is 0.224 e. The number of aliphatic imine (C=N–C) groups is 2. The number of nitrogens with one attached hydrogen (secondary N) is 1. The first-order chi connectivity index (χ1) is 6.86. The van der Waals surface area contributed by atoms with E-state index in [2.05, 4.69) is 15.3 Å². The molecular formula is C10H13N3O. The van der Waals surface area contributed by atoms with E-state index < -0.39 is 0 Å². The lowest BCUT2D eigenvalue weighted by Crippen LogP contribution is -2.09. The van der Waals surface area contributed by atoms with Crippen molar-refractivity contribution in [1.82, 2.24) is 0 Å². The molecule has 0 saturated heterocycles. The summed E-state index contributed by atoms with van der Waals surface area (Å²) < 4.78 is 0. The Morgan fingerprint density at radius 3 is 2.71 bits per heavy atom. The molecule has 1 aromatic carbocycles. The van der Waals surface area contributed by atoms with Gasteiger partial charge in [-0.1, -0.05) is 18.2 Å². The van der Waals surface area contributed by atoms with E-state index in [1.54, 1.807) is 13.1 Å². The van der Waals surface area contributed by atoms with E-state index in [-0.39, 0.29) is 6.73 Å². The molecule has 0 radical (unpaired) electrons. The van der Waals surface area contributed by atoms with Gasteiger partial charge in [-0.05, 0) is 19.1 Å². The van der Waals surface area contributed by atoms with Gasteiger partial charge in [-0.3, -0.25) is 0 Å². The molecule has 0 atom stereocenters. The Bertz CT molecular complexity index is 319. The van der Waals surface area contributed by atoms with Crippen LogP contribution in [0.3, 0.4) is 0 Å². The monoisotopic (exact) mass is 191 g/mol. The topological polar surface area (TPSA) is 57.0 Å². The van der Waals surface area contributed by atoms with Gasteiger partial charge >= 0.3 is 0 Å². The summed E-state index contributed by atoms with van der Waals surface area (Å²) in [6.07, 6.45) is 1.62. The Morgan fingerprint density at radius 1 is 1.43 bits per heavy atom. The summed E-state index contributed by atoms with van der Waals surface area (Å²) in [6.45, 7) is 1.52. The van der Waals surface area contributed by atoms with Crippen molar-refractivity contribution in [3.63, 3.8) is 0 Å². The number of hydrogen-bond donors (Lipinski definition) is 2. The van der Waals surface area contributed by atoms with Crippen LogP contribution in [0.15, 0.2) is 40.3 Å². The van der Waals surface area contributed by atoms with E-state index in [4.69, 9.17) is 5.11 Å². The first kappa shape index (κ1) is 10.4. The Morgan fingerprint density at radius 2 is 2.14 bits per heavy atom. The van der Waals surface area contributed by atoms with Crippen molar-refractivity contribution < 1.29 is 5.11 Å². The smallest absolute Gasteiger partial charge is 0.224 e. The third kappa shape index (κ3) is 3.37. The van der Waals surface area contributed by atoms with Crippen LogP contribution < -0.4 is 5.32 Å². The largest absolute Gasteiger partial charge is 0.374 e. The van der Waals surface area contributed by atoms with Crippen LogP contribution in [0.1, 0.15) is 6.92 Å². The van der Waals surface area contributed by atoms with Crippen molar-refractivity contribution in [3.8, 4) is 0 Å². The maximum absolute atomic E-state index is 8.64. The highest BCUT2D eigenvalue weighted by Gasteiger charge is 1.94. The van der Waals surface area contributed by atoms with E-state index >= 15 is 0 Å².